The summed E-state index contributed by atoms with van der Waals surface area (Å²) in [6.07, 6.45) is 0.882. The molecule has 0 spiro atoms. The van der Waals surface area contributed by atoms with Gasteiger partial charge >= 0.3 is 0 Å². The molecule has 1 aliphatic rings. The average molecular weight is 319 g/mol. The summed E-state index contributed by atoms with van der Waals surface area (Å²) >= 11 is 3.26. The Morgan fingerprint density at radius 2 is 1.89 bits per heavy atom. The van der Waals surface area contributed by atoms with Crippen LogP contribution in [0.3, 0.4) is 0 Å². The highest BCUT2D eigenvalue weighted by atomic mass is 79.9. The lowest BCUT2D eigenvalue weighted by Gasteiger charge is -2.04. The van der Waals surface area contributed by atoms with Crippen molar-refractivity contribution in [1.82, 2.24) is 0 Å². The van der Waals surface area contributed by atoms with E-state index in [0.29, 0.717) is 16.0 Å². The Bertz CT molecular complexity index is 624. The molecule has 0 N–H and O–H groups in total. The third kappa shape index (κ3) is 2.47. The lowest BCUT2D eigenvalue weighted by Crippen LogP contribution is -2.04. The Morgan fingerprint density at radius 1 is 1.16 bits per heavy atom. The van der Waals surface area contributed by atoms with Gasteiger partial charge in [0.15, 0.2) is 5.78 Å². The minimum Gasteiger partial charge on any atom is -0.294 e. The fourth-order valence-electron chi connectivity index (χ4n) is 2.44. The summed E-state index contributed by atoms with van der Waals surface area (Å²) in [7, 11) is 0. The fourth-order valence-corrected chi connectivity index (χ4v) is 2.99. The lowest BCUT2D eigenvalue weighted by atomic mass is 10.0. The maximum Gasteiger partial charge on any atom is 0.167 e. The summed E-state index contributed by atoms with van der Waals surface area (Å²) in [5, 5.41) is 0. The zero-order valence-corrected chi connectivity index (χ0v) is 11.7. The van der Waals surface area contributed by atoms with Gasteiger partial charge in [-0.15, -0.1) is 0 Å². The molecular formula is C16H12BrFO. The van der Waals surface area contributed by atoms with Gasteiger partial charge in [0.25, 0.3) is 0 Å². The Balaban J connectivity index is 1.80. The molecule has 2 aromatic rings. The summed E-state index contributed by atoms with van der Waals surface area (Å²) < 4.78 is 13.6. The molecule has 0 saturated heterocycles. The number of rotatable bonds is 3. The molecule has 2 atom stereocenters. The molecule has 1 fully saturated rings. The van der Waals surface area contributed by atoms with E-state index in [9.17, 15) is 9.18 Å². The van der Waals surface area contributed by atoms with E-state index >= 15 is 0 Å². The van der Waals surface area contributed by atoms with Gasteiger partial charge in [0.2, 0.25) is 0 Å². The number of ketones is 1. The molecule has 3 heteroatoms. The number of benzene rings is 2. The number of carbonyl (C=O) groups excluding carboxylic acids is 1. The van der Waals surface area contributed by atoms with E-state index in [1.54, 1.807) is 6.07 Å². The first-order chi connectivity index (χ1) is 9.16. The zero-order chi connectivity index (χ0) is 13.4. The maximum absolute atomic E-state index is 13.0. The summed E-state index contributed by atoms with van der Waals surface area (Å²) in [5.74, 6) is 0.106. The van der Waals surface area contributed by atoms with Crippen LogP contribution < -0.4 is 0 Å². The minimum absolute atomic E-state index is 0.0316. The predicted molar refractivity (Wildman–Crippen MR) is 75.7 cm³/mol. The van der Waals surface area contributed by atoms with E-state index in [2.05, 4.69) is 28.1 Å². The Hall–Kier alpha value is -1.48. The van der Waals surface area contributed by atoms with E-state index < -0.39 is 0 Å². The number of hydrogen-bond donors (Lipinski definition) is 0. The molecule has 2 aromatic carbocycles. The van der Waals surface area contributed by atoms with Crippen LogP contribution in [-0.2, 0) is 0 Å². The second-order valence-corrected chi connectivity index (χ2v) is 5.70. The molecule has 1 aliphatic carbocycles. The smallest absolute Gasteiger partial charge is 0.167 e. The number of halogens is 2. The second kappa shape index (κ2) is 4.89. The number of Topliss-reactive ketones (excluding diaryl/α,β-unsaturated/α-hetero) is 1. The van der Waals surface area contributed by atoms with Crippen LogP contribution in [0.5, 0.6) is 0 Å². The van der Waals surface area contributed by atoms with Gasteiger partial charge in [-0.05, 0) is 52.0 Å². The van der Waals surface area contributed by atoms with E-state index in [-0.39, 0.29) is 17.5 Å². The van der Waals surface area contributed by atoms with Gasteiger partial charge in [0, 0.05) is 16.0 Å². The number of hydrogen-bond acceptors (Lipinski definition) is 1. The Morgan fingerprint density at radius 3 is 2.58 bits per heavy atom. The fraction of sp³-hybridized carbons (Fsp3) is 0.188. The van der Waals surface area contributed by atoms with Crippen molar-refractivity contribution in [3.05, 3.63) is 69.9 Å². The van der Waals surface area contributed by atoms with Crippen LogP contribution in [-0.4, -0.2) is 5.78 Å². The van der Waals surface area contributed by atoms with Crippen LogP contribution in [0.2, 0.25) is 0 Å². The average Bonchev–Trinajstić information content (AvgIpc) is 3.19. The summed E-state index contributed by atoms with van der Waals surface area (Å²) in [5.41, 5.74) is 1.78. The van der Waals surface area contributed by atoms with Gasteiger partial charge in [-0.1, -0.05) is 30.3 Å². The number of carbonyl (C=O) groups is 1. The topological polar surface area (TPSA) is 17.1 Å². The molecule has 19 heavy (non-hydrogen) atoms. The molecule has 1 nitrogen and oxygen atoms in total. The summed E-state index contributed by atoms with van der Waals surface area (Å²) in [6, 6.07) is 14.3. The van der Waals surface area contributed by atoms with Crippen LogP contribution in [0.1, 0.15) is 28.3 Å². The molecule has 0 heterocycles. The molecule has 0 radical (unpaired) electrons. The predicted octanol–water partition coefficient (Wildman–Crippen LogP) is 4.57. The molecular weight excluding hydrogens is 307 g/mol. The van der Waals surface area contributed by atoms with Crippen molar-refractivity contribution >= 4 is 21.7 Å². The Labute approximate surface area is 119 Å². The third-order valence-corrected chi connectivity index (χ3v) is 4.21. The van der Waals surface area contributed by atoms with Gasteiger partial charge in [-0.2, -0.15) is 0 Å². The van der Waals surface area contributed by atoms with Crippen LogP contribution in [0, 0.1) is 11.7 Å². The first kappa shape index (κ1) is 12.5. The highest BCUT2D eigenvalue weighted by molar-refractivity contribution is 9.10. The molecule has 0 aromatic heterocycles. The van der Waals surface area contributed by atoms with Crippen molar-refractivity contribution in [2.75, 3.05) is 0 Å². The third-order valence-electron chi connectivity index (χ3n) is 3.55. The van der Waals surface area contributed by atoms with Crippen molar-refractivity contribution in [2.24, 2.45) is 5.92 Å². The lowest BCUT2D eigenvalue weighted by molar-refractivity contribution is 0.0964. The molecule has 0 aliphatic heterocycles. The molecule has 3 rings (SSSR count). The van der Waals surface area contributed by atoms with Crippen LogP contribution in [0.15, 0.2) is 53.0 Å². The van der Waals surface area contributed by atoms with Crippen molar-refractivity contribution in [3.63, 3.8) is 0 Å². The van der Waals surface area contributed by atoms with Crippen LogP contribution in [0.25, 0.3) is 0 Å². The molecule has 2 unspecified atom stereocenters. The van der Waals surface area contributed by atoms with Crippen molar-refractivity contribution < 1.29 is 9.18 Å². The molecule has 0 bridgehead atoms. The SMILES string of the molecule is O=C(c1ccc(F)cc1Br)C1CC1c1ccccc1. The van der Waals surface area contributed by atoms with Crippen molar-refractivity contribution in [2.45, 2.75) is 12.3 Å². The van der Waals surface area contributed by atoms with Gasteiger partial charge in [-0.3, -0.25) is 4.79 Å². The zero-order valence-electron chi connectivity index (χ0n) is 10.1. The van der Waals surface area contributed by atoms with E-state index in [0.717, 1.165) is 6.42 Å². The van der Waals surface area contributed by atoms with E-state index in [4.69, 9.17) is 0 Å². The van der Waals surface area contributed by atoms with Gasteiger partial charge in [0.05, 0.1) is 0 Å². The highest BCUT2D eigenvalue weighted by Gasteiger charge is 2.44. The van der Waals surface area contributed by atoms with Gasteiger partial charge in [0.1, 0.15) is 5.82 Å². The van der Waals surface area contributed by atoms with Gasteiger partial charge in [-0.25, -0.2) is 4.39 Å². The first-order valence-corrected chi connectivity index (χ1v) is 7.00. The normalized spacial score (nSPS) is 21.2. The van der Waals surface area contributed by atoms with E-state index in [1.165, 1.54) is 17.7 Å². The Kier molecular flexibility index (Phi) is 3.23. The van der Waals surface area contributed by atoms with Gasteiger partial charge < -0.3 is 0 Å². The van der Waals surface area contributed by atoms with Crippen LogP contribution >= 0.6 is 15.9 Å². The maximum atomic E-state index is 13.0. The van der Waals surface area contributed by atoms with E-state index in [1.807, 2.05) is 18.2 Å². The first-order valence-electron chi connectivity index (χ1n) is 6.21. The largest absolute Gasteiger partial charge is 0.294 e. The minimum atomic E-state index is -0.334. The summed E-state index contributed by atoms with van der Waals surface area (Å²) in [4.78, 5) is 12.4. The quantitative estimate of drug-likeness (QED) is 0.757. The molecule has 0 amide bonds. The van der Waals surface area contributed by atoms with Crippen LogP contribution in [0.4, 0.5) is 4.39 Å². The highest BCUT2D eigenvalue weighted by Crippen LogP contribution is 2.49. The molecule has 1 saturated carbocycles. The standard InChI is InChI=1S/C16H12BrFO/c17-15-8-11(18)6-7-12(15)16(19)14-9-13(14)10-4-2-1-3-5-10/h1-8,13-14H,9H2. The second-order valence-electron chi connectivity index (χ2n) is 4.85. The summed E-state index contributed by atoms with van der Waals surface area (Å²) in [6.45, 7) is 0. The van der Waals surface area contributed by atoms with Crippen molar-refractivity contribution in [1.29, 1.82) is 0 Å². The monoisotopic (exact) mass is 318 g/mol. The molecule has 96 valence electrons. The van der Waals surface area contributed by atoms with Crippen molar-refractivity contribution in [3.8, 4) is 0 Å².